The fraction of sp³-hybridized carbons (Fsp3) is 0.421. The summed E-state index contributed by atoms with van der Waals surface area (Å²) in [6.45, 7) is 3.23. The van der Waals surface area contributed by atoms with Gasteiger partial charge in [0.15, 0.2) is 11.5 Å². The van der Waals surface area contributed by atoms with Crippen molar-refractivity contribution < 1.29 is 19.1 Å². The summed E-state index contributed by atoms with van der Waals surface area (Å²) < 4.78 is 10.8. The van der Waals surface area contributed by atoms with E-state index in [4.69, 9.17) is 9.47 Å². The van der Waals surface area contributed by atoms with E-state index in [-0.39, 0.29) is 18.6 Å². The maximum Gasteiger partial charge on any atom is 0.246 e. The molecular weight excluding hydrogens is 366 g/mol. The van der Waals surface area contributed by atoms with Gasteiger partial charge < -0.3 is 19.3 Å². The first-order chi connectivity index (χ1) is 13.1. The van der Waals surface area contributed by atoms with Gasteiger partial charge in [-0.25, -0.2) is 4.98 Å². The molecule has 4 rings (SSSR count). The zero-order chi connectivity index (χ0) is 18.8. The molecule has 7 nitrogen and oxygen atoms in total. The molecule has 3 heterocycles. The van der Waals surface area contributed by atoms with E-state index in [1.807, 2.05) is 23.6 Å². The average molecular weight is 387 g/mol. The van der Waals surface area contributed by atoms with Crippen LogP contribution in [0, 0.1) is 0 Å². The minimum atomic E-state index is -0.392. The van der Waals surface area contributed by atoms with Crippen molar-refractivity contribution in [3.8, 4) is 11.5 Å². The van der Waals surface area contributed by atoms with Crippen LogP contribution in [-0.2, 0) is 22.7 Å². The molecule has 1 aromatic heterocycles. The van der Waals surface area contributed by atoms with Gasteiger partial charge in [-0.1, -0.05) is 6.07 Å². The summed E-state index contributed by atoms with van der Waals surface area (Å²) in [4.78, 5) is 33.0. The van der Waals surface area contributed by atoms with Crippen molar-refractivity contribution in [3.05, 3.63) is 40.3 Å². The van der Waals surface area contributed by atoms with E-state index in [1.165, 1.54) is 18.3 Å². The fourth-order valence-corrected chi connectivity index (χ4v) is 4.21. The van der Waals surface area contributed by atoms with Crippen LogP contribution in [0.3, 0.4) is 0 Å². The highest BCUT2D eigenvalue weighted by atomic mass is 32.1. The van der Waals surface area contributed by atoms with E-state index < -0.39 is 6.04 Å². The van der Waals surface area contributed by atoms with E-state index in [1.54, 1.807) is 16.0 Å². The fourth-order valence-electron chi connectivity index (χ4n) is 3.58. The van der Waals surface area contributed by atoms with Crippen molar-refractivity contribution in [1.82, 2.24) is 14.8 Å². The third kappa shape index (κ3) is 3.75. The van der Waals surface area contributed by atoms with Gasteiger partial charge in [0, 0.05) is 31.6 Å². The molecular formula is C19H21N3O4S. The van der Waals surface area contributed by atoms with Crippen LogP contribution in [0.1, 0.15) is 30.3 Å². The van der Waals surface area contributed by atoms with Gasteiger partial charge in [0.05, 0.1) is 6.54 Å². The van der Waals surface area contributed by atoms with Gasteiger partial charge in [0.25, 0.3) is 0 Å². The molecule has 142 valence electrons. The van der Waals surface area contributed by atoms with Crippen molar-refractivity contribution in [2.75, 3.05) is 13.3 Å². The Morgan fingerprint density at radius 3 is 2.93 bits per heavy atom. The van der Waals surface area contributed by atoms with Gasteiger partial charge in [-0.15, -0.1) is 11.3 Å². The molecule has 1 unspecified atom stereocenters. The van der Waals surface area contributed by atoms with Crippen LogP contribution in [0.5, 0.6) is 11.5 Å². The number of ether oxygens (including phenoxy) is 2. The second-order valence-corrected chi connectivity index (χ2v) is 7.66. The summed E-state index contributed by atoms with van der Waals surface area (Å²) in [5.41, 5.74) is 0.955. The van der Waals surface area contributed by atoms with E-state index in [0.29, 0.717) is 31.8 Å². The Morgan fingerprint density at radius 2 is 2.15 bits per heavy atom. The van der Waals surface area contributed by atoms with Crippen LogP contribution >= 0.6 is 11.3 Å². The molecule has 1 aromatic carbocycles. The lowest BCUT2D eigenvalue weighted by molar-refractivity contribution is -0.143. The number of likely N-dealkylation sites (tertiary alicyclic amines) is 1. The number of benzene rings is 1. The molecule has 1 atom stereocenters. The highest BCUT2D eigenvalue weighted by Gasteiger charge is 2.35. The van der Waals surface area contributed by atoms with Gasteiger partial charge in [-0.2, -0.15) is 0 Å². The molecule has 2 aliphatic heterocycles. The number of nitrogens with zero attached hydrogens (tertiary/aromatic N) is 3. The van der Waals surface area contributed by atoms with Crippen LogP contribution in [0.4, 0.5) is 0 Å². The average Bonchev–Trinajstić information content (AvgIpc) is 3.40. The normalized spacial score (nSPS) is 18.0. The maximum atomic E-state index is 13.3. The summed E-state index contributed by atoms with van der Waals surface area (Å²) in [5.74, 6) is 1.33. The molecule has 2 aliphatic rings. The molecule has 0 bridgehead atoms. The summed E-state index contributed by atoms with van der Waals surface area (Å²) in [5, 5.41) is 2.77. The largest absolute Gasteiger partial charge is 0.454 e. The Hall–Kier alpha value is -2.61. The van der Waals surface area contributed by atoms with Gasteiger partial charge in [0.2, 0.25) is 18.6 Å². The topological polar surface area (TPSA) is 72.0 Å². The standard InChI is InChI=1S/C19H21N3O4S/c1-13(23)22-7-2-3-15(22)19(24)21(11-18-20-6-8-27-18)10-14-4-5-16-17(9-14)26-12-25-16/h4-6,8-9,15H,2-3,7,10-12H2,1H3. The highest BCUT2D eigenvalue weighted by Crippen LogP contribution is 2.33. The molecule has 0 N–H and O–H groups in total. The number of carbonyl (C=O) groups excluding carboxylic acids is 2. The monoisotopic (exact) mass is 387 g/mol. The molecule has 0 saturated carbocycles. The number of hydrogen-bond acceptors (Lipinski definition) is 6. The molecule has 0 radical (unpaired) electrons. The third-order valence-electron chi connectivity index (χ3n) is 4.87. The van der Waals surface area contributed by atoms with Crippen LogP contribution in [-0.4, -0.2) is 46.0 Å². The predicted molar refractivity (Wildman–Crippen MR) is 99.3 cm³/mol. The first-order valence-electron chi connectivity index (χ1n) is 8.94. The highest BCUT2D eigenvalue weighted by molar-refractivity contribution is 7.09. The quantitative estimate of drug-likeness (QED) is 0.788. The second-order valence-electron chi connectivity index (χ2n) is 6.68. The van der Waals surface area contributed by atoms with Crippen molar-refractivity contribution in [3.63, 3.8) is 0 Å². The molecule has 27 heavy (non-hydrogen) atoms. The van der Waals surface area contributed by atoms with E-state index >= 15 is 0 Å². The number of amides is 2. The second kappa shape index (κ2) is 7.56. The molecule has 1 saturated heterocycles. The number of rotatable bonds is 5. The van der Waals surface area contributed by atoms with E-state index in [2.05, 4.69) is 4.98 Å². The van der Waals surface area contributed by atoms with Gasteiger partial charge in [0.1, 0.15) is 11.0 Å². The lowest BCUT2D eigenvalue weighted by Crippen LogP contribution is -2.46. The summed E-state index contributed by atoms with van der Waals surface area (Å²) in [6, 6.07) is 5.31. The summed E-state index contributed by atoms with van der Waals surface area (Å²) >= 11 is 1.52. The smallest absolute Gasteiger partial charge is 0.246 e. The van der Waals surface area contributed by atoms with E-state index in [9.17, 15) is 9.59 Å². The van der Waals surface area contributed by atoms with Crippen LogP contribution in [0.15, 0.2) is 29.8 Å². The first-order valence-corrected chi connectivity index (χ1v) is 9.82. The van der Waals surface area contributed by atoms with Crippen LogP contribution in [0.25, 0.3) is 0 Å². The SMILES string of the molecule is CC(=O)N1CCCC1C(=O)N(Cc1ccc2c(c1)OCO2)Cc1nccs1. The Labute approximate surface area is 161 Å². The molecule has 8 heteroatoms. The summed E-state index contributed by atoms with van der Waals surface area (Å²) in [6.07, 6.45) is 3.29. The number of hydrogen-bond donors (Lipinski definition) is 0. The lowest BCUT2D eigenvalue weighted by atomic mass is 10.1. The molecule has 2 aromatic rings. The number of thiazole rings is 1. The number of fused-ring (bicyclic) bond motifs is 1. The Balaban J connectivity index is 1.57. The Kier molecular flexibility index (Phi) is 4.98. The van der Waals surface area contributed by atoms with Crippen molar-refractivity contribution in [2.45, 2.75) is 38.9 Å². The molecule has 2 amide bonds. The Morgan fingerprint density at radius 1 is 1.30 bits per heavy atom. The predicted octanol–water partition coefficient (Wildman–Crippen LogP) is 2.41. The lowest BCUT2D eigenvalue weighted by Gasteiger charge is -2.29. The van der Waals surface area contributed by atoms with Crippen molar-refractivity contribution in [2.24, 2.45) is 0 Å². The maximum absolute atomic E-state index is 13.3. The molecule has 0 aliphatic carbocycles. The van der Waals surface area contributed by atoms with Gasteiger partial charge >= 0.3 is 0 Å². The minimum absolute atomic E-state index is 0.0319. The minimum Gasteiger partial charge on any atom is -0.454 e. The van der Waals surface area contributed by atoms with Gasteiger partial charge in [-0.3, -0.25) is 9.59 Å². The molecule has 0 spiro atoms. The number of carbonyl (C=O) groups is 2. The van der Waals surface area contributed by atoms with Crippen molar-refractivity contribution in [1.29, 1.82) is 0 Å². The zero-order valence-electron chi connectivity index (χ0n) is 15.1. The zero-order valence-corrected chi connectivity index (χ0v) is 15.9. The first kappa shape index (κ1) is 17.8. The van der Waals surface area contributed by atoms with Crippen molar-refractivity contribution >= 4 is 23.2 Å². The number of aromatic nitrogens is 1. The van der Waals surface area contributed by atoms with Crippen LogP contribution < -0.4 is 9.47 Å². The Bertz CT molecular complexity index is 839. The summed E-state index contributed by atoms with van der Waals surface area (Å²) in [7, 11) is 0. The molecule has 1 fully saturated rings. The van der Waals surface area contributed by atoms with E-state index in [0.717, 1.165) is 22.7 Å². The van der Waals surface area contributed by atoms with Crippen LogP contribution in [0.2, 0.25) is 0 Å². The van der Waals surface area contributed by atoms with Gasteiger partial charge in [-0.05, 0) is 30.5 Å². The third-order valence-corrected chi connectivity index (χ3v) is 5.64.